The fourth-order valence-electron chi connectivity index (χ4n) is 5.38. The van der Waals surface area contributed by atoms with Gasteiger partial charge in [0.1, 0.15) is 0 Å². The van der Waals surface area contributed by atoms with Gasteiger partial charge in [0.2, 0.25) is 5.91 Å². The van der Waals surface area contributed by atoms with E-state index in [1.54, 1.807) is 20.3 Å². The van der Waals surface area contributed by atoms with Crippen molar-refractivity contribution in [1.29, 1.82) is 0 Å². The number of rotatable bonds is 7. The Labute approximate surface area is 225 Å². The van der Waals surface area contributed by atoms with E-state index in [1.807, 2.05) is 49.1 Å². The second kappa shape index (κ2) is 12.3. The molecular weight excluding hydrogens is 482 g/mol. The first-order valence-corrected chi connectivity index (χ1v) is 13.5. The number of carbonyl (C=O) groups excluding carboxylic acids is 2. The first kappa shape index (κ1) is 29.6. The Hall–Kier alpha value is -2.97. The molecule has 38 heavy (non-hydrogen) atoms. The second-order valence-corrected chi connectivity index (χ2v) is 11.4. The van der Waals surface area contributed by atoms with Crippen LogP contribution in [0.15, 0.2) is 47.4 Å². The summed E-state index contributed by atoms with van der Waals surface area (Å²) in [4.78, 5) is 42.5. The third-order valence-electron chi connectivity index (χ3n) is 8.26. The van der Waals surface area contributed by atoms with Crippen molar-refractivity contribution in [3.63, 3.8) is 0 Å². The molecule has 2 aliphatic rings. The molecule has 8 heteroatoms. The Bertz CT molecular complexity index is 1170. The van der Waals surface area contributed by atoms with Crippen LogP contribution in [-0.4, -0.2) is 76.3 Å². The number of benzene rings is 1. The minimum absolute atomic E-state index is 0.0612. The molecule has 1 aromatic carbocycles. The maximum Gasteiger partial charge on any atom is 0.255 e. The van der Waals surface area contributed by atoms with Gasteiger partial charge in [-0.25, -0.2) is 0 Å². The molecule has 1 atom stereocenters. The van der Waals surface area contributed by atoms with Crippen LogP contribution in [0.4, 0.5) is 0 Å². The Kier molecular flexibility index (Phi) is 9.54. The van der Waals surface area contributed by atoms with Crippen LogP contribution in [0.2, 0.25) is 0 Å². The van der Waals surface area contributed by atoms with Gasteiger partial charge < -0.3 is 24.6 Å². The standard InChI is InChI=1S/C29H39N3O4.CH4O/c1-28(2)19-31(25(33)14-13-21-9-8-10-21)16-15-29(28,36)20-32-18-24(27(35)30(3)4)23(17-26(32)34)22-11-6-5-7-12-22;1-2/h5-7,11-12,17-18,21,36H,8-10,13-16,19-20H2,1-4H3;2H,1H3/t29-;/m1./s1. The number of aliphatic hydroxyl groups is 2. The van der Waals surface area contributed by atoms with Gasteiger partial charge in [-0.05, 0) is 24.3 Å². The number of nitrogens with zero attached hydrogens (tertiary/aromatic N) is 3. The van der Waals surface area contributed by atoms with Crippen molar-refractivity contribution < 1.29 is 19.8 Å². The summed E-state index contributed by atoms with van der Waals surface area (Å²) in [5.41, 5.74) is -0.314. The second-order valence-electron chi connectivity index (χ2n) is 11.4. The molecule has 2 heterocycles. The molecule has 2 aromatic rings. The van der Waals surface area contributed by atoms with E-state index < -0.39 is 11.0 Å². The minimum Gasteiger partial charge on any atom is -0.400 e. The molecule has 2 N–H and O–H groups in total. The lowest BCUT2D eigenvalue weighted by Gasteiger charge is -2.50. The van der Waals surface area contributed by atoms with E-state index in [4.69, 9.17) is 5.11 Å². The number of piperidine rings is 1. The molecule has 4 rings (SSSR count). The van der Waals surface area contributed by atoms with Crippen LogP contribution in [0.5, 0.6) is 0 Å². The molecular formula is C30H43N3O5. The van der Waals surface area contributed by atoms with E-state index in [1.165, 1.54) is 34.8 Å². The molecule has 208 valence electrons. The topological polar surface area (TPSA) is 103 Å². The van der Waals surface area contributed by atoms with Gasteiger partial charge in [0.05, 0.1) is 17.7 Å². The first-order valence-electron chi connectivity index (χ1n) is 13.5. The van der Waals surface area contributed by atoms with Gasteiger partial charge >= 0.3 is 0 Å². The molecule has 0 radical (unpaired) electrons. The Morgan fingerprint density at radius 3 is 2.32 bits per heavy atom. The molecule has 0 bridgehead atoms. The van der Waals surface area contributed by atoms with Crippen LogP contribution < -0.4 is 5.56 Å². The predicted molar refractivity (Wildman–Crippen MR) is 149 cm³/mol. The van der Waals surface area contributed by atoms with Gasteiger partial charge in [0.15, 0.2) is 0 Å². The highest BCUT2D eigenvalue weighted by Gasteiger charge is 2.49. The van der Waals surface area contributed by atoms with Crippen molar-refractivity contribution in [3.05, 3.63) is 58.5 Å². The van der Waals surface area contributed by atoms with Crippen molar-refractivity contribution >= 4 is 11.8 Å². The maximum atomic E-state index is 13.2. The zero-order chi connectivity index (χ0) is 28.1. The monoisotopic (exact) mass is 525 g/mol. The highest BCUT2D eigenvalue weighted by molar-refractivity contribution is 6.00. The van der Waals surface area contributed by atoms with E-state index in [0.29, 0.717) is 43.0 Å². The van der Waals surface area contributed by atoms with E-state index in [0.717, 1.165) is 19.1 Å². The summed E-state index contributed by atoms with van der Waals surface area (Å²) >= 11 is 0. The van der Waals surface area contributed by atoms with Crippen LogP contribution in [0.1, 0.15) is 62.7 Å². The number of hydrogen-bond donors (Lipinski definition) is 2. The van der Waals surface area contributed by atoms with Crippen molar-refractivity contribution in [2.75, 3.05) is 34.3 Å². The van der Waals surface area contributed by atoms with Gasteiger partial charge in [-0.3, -0.25) is 14.4 Å². The molecule has 2 amide bonds. The number of pyridine rings is 1. The van der Waals surface area contributed by atoms with E-state index in [9.17, 15) is 19.5 Å². The number of hydrogen-bond acceptors (Lipinski definition) is 5. The van der Waals surface area contributed by atoms with Crippen molar-refractivity contribution in [1.82, 2.24) is 14.4 Å². The van der Waals surface area contributed by atoms with Crippen LogP contribution in [0.3, 0.4) is 0 Å². The van der Waals surface area contributed by atoms with Gasteiger partial charge in [0.25, 0.3) is 11.5 Å². The average molecular weight is 526 g/mol. The first-order chi connectivity index (χ1) is 18.0. The van der Waals surface area contributed by atoms with Crippen LogP contribution >= 0.6 is 0 Å². The Morgan fingerprint density at radius 1 is 1.11 bits per heavy atom. The molecule has 2 fully saturated rings. The lowest BCUT2D eigenvalue weighted by Crippen LogP contribution is -2.60. The summed E-state index contributed by atoms with van der Waals surface area (Å²) in [5, 5.41) is 18.8. The highest BCUT2D eigenvalue weighted by atomic mass is 16.3. The molecule has 1 aliphatic carbocycles. The quantitative estimate of drug-likeness (QED) is 0.577. The maximum absolute atomic E-state index is 13.2. The minimum atomic E-state index is -1.20. The third kappa shape index (κ3) is 6.35. The van der Waals surface area contributed by atoms with Gasteiger partial charge in [-0.15, -0.1) is 0 Å². The largest absolute Gasteiger partial charge is 0.400 e. The normalized spacial score (nSPS) is 20.7. The molecule has 1 aliphatic heterocycles. The summed E-state index contributed by atoms with van der Waals surface area (Å²) in [7, 11) is 4.36. The zero-order valence-electron chi connectivity index (χ0n) is 23.4. The summed E-state index contributed by atoms with van der Waals surface area (Å²) in [5.74, 6) is 0.634. The number of aliphatic hydroxyl groups excluding tert-OH is 1. The van der Waals surface area contributed by atoms with E-state index in [-0.39, 0.29) is 23.9 Å². The van der Waals surface area contributed by atoms with Gasteiger partial charge in [-0.1, -0.05) is 63.4 Å². The summed E-state index contributed by atoms with van der Waals surface area (Å²) in [6, 6.07) is 10.9. The van der Waals surface area contributed by atoms with Crippen molar-refractivity contribution in [2.24, 2.45) is 11.3 Å². The van der Waals surface area contributed by atoms with Gasteiger partial charge in [0, 0.05) is 64.0 Å². The fraction of sp³-hybridized carbons (Fsp3) is 0.567. The molecule has 0 spiro atoms. The molecule has 1 saturated carbocycles. The van der Waals surface area contributed by atoms with Crippen LogP contribution in [-0.2, 0) is 11.3 Å². The summed E-state index contributed by atoms with van der Waals surface area (Å²) in [6.45, 7) is 4.87. The SMILES string of the molecule is CN(C)C(=O)c1cn(C[C@]2(O)CCN(C(=O)CCC3CCC3)CC2(C)C)c(=O)cc1-c1ccccc1.CO. The summed E-state index contributed by atoms with van der Waals surface area (Å²) < 4.78 is 1.46. The lowest BCUT2D eigenvalue weighted by molar-refractivity contribution is -0.154. The zero-order valence-corrected chi connectivity index (χ0v) is 23.4. The van der Waals surface area contributed by atoms with E-state index in [2.05, 4.69) is 0 Å². The van der Waals surface area contributed by atoms with Crippen LogP contribution in [0, 0.1) is 11.3 Å². The Balaban J connectivity index is 0.00000195. The third-order valence-corrected chi connectivity index (χ3v) is 8.26. The Morgan fingerprint density at radius 2 is 1.76 bits per heavy atom. The number of likely N-dealkylation sites (tertiary alicyclic amines) is 1. The van der Waals surface area contributed by atoms with Crippen molar-refractivity contribution in [2.45, 2.75) is 64.5 Å². The van der Waals surface area contributed by atoms with Crippen LogP contribution in [0.25, 0.3) is 11.1 Å². The molecule has 1 aromatic heterocycles. The average Bonchev–Trinajstić information content (AvgIpc) is 2.87. The molecule has 0 unspecified atom stereocenters. The number of carbonyl (C=O) groups is 2. The van der Waals surface area contributed by atoms with E-state index >= 15 is 0 Å². The predicted octanol–water partition coefficient (Wildman–Crippen LogP) is 3.40. The highest BCUT2D eigenvalue weighted by Crippen LogP contribution is 2.40. The summed E-state index contributed by atoms with van der Waals surface area (Å²) in [6.07, 6.45) is 7.21. The number of amides is 2. The molecule has 8 nitrogen and oxygen atoms in total. The molecule has 1 saturated heterocycles. The number of aromatic nitrogens is 1. The fourth-order valence-corrected chi connectivity index (χ4v) is 5.38. The van der Waals surface area contributed by atoms with Gasteiger partial charge in [-0.2, -0.15) is 0 Å². The smallest absolute Gasteiger partial charge is 0.255 e. The van der Waals surface area contributed by atoms with Crippen molar-refractivity contribution in [3.8, 4) is 11.1 Å². The lowest BCUT2D eigenvalue weighted by atomic mass is 9.69.